The highest BCUT2D eigenvalue weighted by Crippen LogP contribution is 2.25. The van der Waals surface area contributed by atoms with Gasteiger partial charge in [0, 0.05) is 17.6 Å². The molecule has 0 aliphatic carbocycles. The van der Waals surface area contributed by atoms with E-state index in [0.29, 0.717) is 13.2 Å². The first kappa shape index (κ1) is 14.6. The van der Waals surface area contributed by atoms with Crippen molar-refractivity contribution in [2.75, 3.05) is 33.4 Å². The molecule has 1 unspecified atom stereocenters. The summed E-state index contributed by atoms with van der Waals surface area (Å²) in [4.78, 5) is 0. The molecule has 0 radical (unpaired) electrons. The monoisotopic (exact) mass is 301 g/mol. The molecular formula is C13H20BrNO2. The van der Waals surface area contributed by atoms with Crippen LogP contribution in [0, 0.1) is 0 Å². The number of benzene rings is 1. The Morgan fingerprint density at radius 3 is 2.71 bits per heavy atom. The van der Waals surface area contributed by atoms with E-state index in [-0.39, 0.29) is 6.10 Å². The molecule has 1 rings (SSSR count). The predicted octanol–water partition coefficient (Wildman–Crippen LogP) is 2.76. The zero-order chi connectivity index (χ0) is 12.5. The summed E-state index contributed by atoms with van der Waals surface area (Å²) in [5, 5.41) is 3.15. The standard InChI is InChI=1S/C13H20BrNO2/c1-3-16-8-9-17-13(10-15-2)11-6-4-5-7-12(11)14/h4-7,13,15H,3,8-10H2,1-2H3. The molecule has 0 bridgehead atoms. The zero-order valence-corrected chi connectivity index (χ0v) is 12.0. The van der Waals surface area contributed by atoms with Crippen LogP contribution in [-0.4, -0.2) is 33.4 Å². The van der Waals surface area contributed by atoms with Crippen molar-refractivity contribution >= 4 is 15.9 Å². The van der Waals surface area contributed by atoms with E-state index in [1.165, 1.54) is 5.56 Å². The van der Waals surface area contributed by atoms with Gasteiger partial charge >= 0.3 is 0 Å². The van der Waals surface area contributed by atoms with E-state index in [1.807, 2.05) is 32.2 Å². The molecular weight excluding hydrogens is 282 g/mol. The lowest BCUT2D eigenvalue weighted by atomic mass is 10.1. The molecule has 0 saturated carbocycles. The number of rotatable bonds is 8. The Labute approximate surface area is 112 Å². The van der Waals surface area contributed by atoms with Crippen molar-refractivity contribution in [1.82, 2.24) is 5.32 Å². The Bertz CT molecular complexity index is 320. The molecule has 0 aromatic heterocycles. The summed E-state index contributed by atoms with van der Waals surface area (Å²) in [5.74, 6) is 0. The topological polar surface area (TPSA) is 30.5 Å². The van der Waals surface area contributed by atoms with Crippen molar-refractivity contribution in [1.29, 1.82) is 0 Å². The molecule has 96 valence electrons. The maximum atomic E-state index is 5.83. The van der Waals surface area contributed by atoms with E-state index in [0.717, 1.165) is 17.6 Å². The fourth-order valence-corrected chi connectivity index (χ4v) is 2.11. The quantitative estimate of drug-likeness (QED) is 0.749. The summed E-state index contributed by atoms with van der Waals surface area (Å²) in [6.07, 6.45) is 0.0519. The molecule has 3 nitrogen and oxygen atoms in total. The van der Waals surface area contributed by atoms with Crippen LogP contribution < -0.4 is 5.32 Å². The third-order valence-corrected chi connectivity index (χ3v) is 3.11. The highest BCUT2D eigenvalue weighted by atomic mass is 79.9. The molecule has 4 heteroatoms. The number of hydrogen-bond acceptors (Lipinski definition) is 3. The smallest absolute Gasteiger partial charge is 0.0961 e. The van der Waals surface area contributed by atoms with Crippen molar-refractivity contribution in [3.63, 3.8) is 0 Å². The lowest BCUT2D eigenvalue weighted by molar-refractivity contribution is 0.00732. The minimum Gasteiger partial charge on any atom is -0.379 e. The SMILES string of the molecule is CCOCCOC(CNC)c1ccccc1Br. The highest BCUT2D eigenvalue weighted by molar-refractivity contribution is 9.10. The molecule has 0 saturated heterocycles. The minimum atomic E-state index is 0.0519. The van der Waals surface area contributed by atoms with Crippen LogP contribution in [0.4, 0.5) is 0 Å². The number of likely N-dealkylation sites (N-methyl/N-ethyl adjacent to an activating group) is 1. The summed E-state index contributed by atoms with van der Waals surface area (Å²) in [6, 6.07) is 8.13. The van der Waals surface area contributed by atoms with Gasteiger partial charge in [0.05, 0.1) is 19.3 Å². The van der Waals surface area contributed by atoms with E-state index in [4.69, 9.17) is 9.47 Å². The molecule has 1 atom stereocenters. The summed E-state index contributed by atoms with van der Waals surface area (Å²) in [7, 11) is 1.93. The van der Waals surface area contributed by atoms with Gasteiger partial charge in [-0.2, -0.15) is 0 Å². The van der Waals surface area contributed by atoms with Gasteiger partial charge < -0.3 is 14.8 Å². The van der Waals surface area contributed by atoms with E-state index in [2.05, 4.69) is 27.3 Å². The number of hydrogen-bond donors (Lipinski definition) is 1. The zero-order valence-electron chi connectivity index (χ0n) is 10.4. The second kappa shape index (κ2) is 8.64. The maximum Gasteiger partial charge on any atom is 0.0961 e. The van der Waals surface area contributed by atoms with Gasteiger partial charge in [0.25, 0.3) is 0 Å². The lowest BCUT2D eigenvalue weighted by Gasteiger charge is -2.19. The summed E-state index contributed by atoms with van der Waals surface area (Å²) in [5.41, 5.74) is 1.17. The van der Waals surface area contributed by atoms with Gasteiger partial charge in [-0.1, -0.05) is 34.1 Å². The average Bonchev–Trinajstić information content (AvgIpc) is 2.34. The third kappa shape index (κ3) is 5.17. The first-order chi connectivity index (χ1) is 8.29. The van der Waals surface area contributed by atoms with Crippen molar-refractivity contribution in [3.05, 3.63) is 34.3 Å². The first-order valence-electron chi connectivity index (χ1n) is 5.88. The average molecular weight is 302 g/mol. The summed E-state index contributed by atoms with van der Waals surface area (Å²) >= 11 is 3.55. The van der Waals surface area contributed by atoms with Crippen LogP contribution in [0.2, 0.25) is 0 Å². The Morgan fingerprint density at radius 1 is 1.29 bits per heavy atom. The highest BCUT2D eigenvalue weighted by Gasteiger charge is 2.13. The second-order valence-corrected chi connectivity index (χ2v) is 4.49. The fraction of sp³-hybridized carbons (Fsp3) is 0.538. The van der Waals surface area contributed by atoms with Crippen LogP contribution in [0.25, 0.3) is 0 Å². The molecule has 0 heterocycles. The summed E-state index contributed by atoms with van der Waals surface area (Å²) in [6.45, 7) is 4.76. The molecule has 17 heavy (non-hydrogen) atoms. The largest absolute Gasteiger partial charge is 0.379 e. The van der Waals surface area contributed by atoms with Crippen molar-refractivity contribution in [3.8, 4) is 0 Å². The van der Waals surface area contributed by atoms with Gasteiger partial charge in [0.15, 0.2) is 0 Å². The van der Waals surface area contributed by atoms with Crippen LogP contribution >= 0.6 is 15.9 Å². The number of nitrogens with one attached hydrogen (secondary N) is 1. The van der Waals surface area contributed by atoms with Crippen LogP contribution in [-0.2, 0) is 9.47 Å². The van der Waals surface area contributed by atoms with Crippen LogP contribution in [0.3, 0.4) is 0 Å². The first-order valence-corrected chi connectivity index (χ1v) is 6.67. The number of ether oxygens (including phenoxy) is 2. The molecule has 1 aromatic rings. The molecule has 0 aliphatic heterocycles. The second-order valence-electron chi connectivity index (χ2n) is 3.64. The fourth-order valence-electron chi connectivity index (χ4n) is 1.57. The van der Waals surface area contributed by atoms with E-state index < -0.39 is 0 Å². The maximum absolute atomic E-state index is 5.83. The molecule has 1 N–H and O–H groups in total. The van der Waals surface area contributed by atoms with Gasteiger partial charge in [-0.15, -0.1) is 0 Å². The molecule has 0 amide bonds. The van der Waals surface area contributed by atoms with Crippen LogP contribution in [0.1, 0.15) is 18.6 Å². The van der Waals surface area contributed by atoms with Crippen LogP contribution in [0.5, 0.6) is 0 Å². The van der Waals surface area contributed by atoms with Crippen LogP contribution in [0.15, 0.2) is 28.7 Å². The summed E-state index contributed by atoms with van der Waals surface area (Å²) < 4.78 is 12.2. The Kier molecular flexibility index (Phi) is 7.44. The predicted molar refractivity (Wildman–Crippen MR) is 73.3 cm³/mol. The van der Waals surface area contributed by atoms with Gasteiger partial charge in [-0.3, -0.25) is 0 Å². The molecule has 1 aromatic carbocycles. The Balaban J connectivity index is 2.56. The third-order valence-electron chi connectivity index (χ3n) is 2.39. The van der Waals surface area contributed by atoms with E-state index in [1.54, 1.807) is 0 Å². The Morgan fingerprint density at radius 2 is 2.06 bits per heavy atom. The van der Waals surface area contributed by atoms with Gasteiger partial charge in [0.1, 0.15) is 0 Å². The van der Waals surface area contributed by atoms with Gasteiger partial charge in [0.2, 0.25) is 0 Å². The van der Waals surface area contributed by atoms with Gasteiger partial charge in [-0.05, 0) is 25.6 Å². The van der Waals surface area contributed by atoms with E-state index >= 15 is 0 Å². The van der Waals surface area contributed by atoms with Gasteiger partial charge in [-0.25, -0.2) is 0 Å². The number of halogens is 1. The molecule has 0 spiro atoms. The Hall–Kier alpha value is -0.420. The lowest BCUT2D eigenvalue weighted by Crippen LogP contribution is -2.21. The normalized spacial score (nSPS) is 12.6. The van der Waals surface area contributed by atoms with Crippen molar-refractivity contribution in [2.24, 2.45) is 0 Å². The van der Waals surface area contributed by atoms with Crippen molar-refractivity contribution < 1.29 is 9.47 Å². The minimum absolute atomic E-state index is 0.0519. The van der Waals surface area contributed by atoms with Crippen molar-refractivity contribution in [2.45, 2.75) is 13.0 Å². The molecule has 0 fully saturated rings. The van der Waals surface area contributed by atoms with E-state index in [9.17, 15) is 0 Å². The molecule has 0 aliphatic rings.